The second-order valence-electron chi connectivity index (χ2n) is 6.28. The zero-order valence-corrected chi connectivity index (χ0v) is 13.4. The Morgan fingerprint density at radius 1 is 0.957 bits per heavy atom. The zero-order chi connectivity index (χ0) is 15.9. The molecular formula is C20H24N2O. The Balaban J connectivity index is 1.40. The predicted molar refractivity (Wildman–Crippen MR) is 93.2 cm³/mol. The molecule has 1 fully saturated rings. The Kier molecular flexibility index (Phi) is 5.43. The first-order chi connectivity index (χ1) is 11.3. The maximum atomic E-state index is 12.1. The summed E-state index contributed by atoms with van der Waals surface area (Å²) in [4.78, 5) is 14.6. The van der Waals surface area contributed by atoms with Crippen LogP contribution in [0, 0.1) is 5.92 Å². The molecule has 1 heterocycles. The van der Waals surface area contributed by atoms with Gasteiger partial charge in [0.05, 0.1) is 0 Å². The molecule has 0 aromatic heterocycles. The van der Waals surface area contributed by atoms with Crippen LogP contribution in [-0.2, 0) is 6.54 Å². The highest BCUT2D eigenvalue weighted by atomic mass is 16.1. The largest absolute Gasteiger partial charge is 0.352 e. The van der Waals surface area contributed by atoms with Crippen molar-refractivity contribution in [3.05, 3.63) is 71.8 Å². The van der Waals surface area contributed by atoms with Gasteiger partial charge in [0.1, 0.15) is 0 Å². The summed E-state index contributed by atoms with van der Waals surface area (Å²) in [5, 5.41) is 3.08. The molecule has 120 valence electrons. The Labute approximate surface area is 138 Å². The van der Waals surface area contributed by atoms with E-state index in [2.05, 4.69) is 40.5 Å². The second kappa shape index (κ2) is 7.93. The molecule has 0 radical (unpaired) electrons. The summed E-state index contributed by atoms with van der Waals surface area (Å²) in [5.41, 5.74) is 2.12. The molecule has 23 heavy (non-hydrogen) atoms. The van der Waals surface area contributed by atoms with Gasteiger partial charge >= 0.3 is 0 Å². The summed E-state index contributed by atoms with van der Waals surface area (Å²) in [6, 6.07) is 20.1. The number of hydrogen-bond donors (Lipinski definition) is 1. The molecule has 0 aliphatic carbocycles. The van der Waals surface area contributed by atoms with E-state index >= 15 is 0 Å². The number of hydrogen-bond acceptors (Lipinski definition) is 2. The van der Waals surface area contributed by atoms with Crippen molar-refractivity contribution in [1.82, 2.24) is 10.2 Å². The van der Waals surface area contributed by atoms with Crippen LogP contribution in [0.3, 0.4) is 0 Å². The molecular weight excluding hydrogens is 284 g/mol. The van der Waals surface area contributed by atoms with Crippen molar-refractivity contribution in [3.8, 4) is 0 Å². The maximum absolute atomic E-state index is 12.1. The molecule has 3 heteroatoms. The third-order valence-corrected chi connectivity index (χ3v) is 4.54. The summed E-state index contributed by atoms with van der Waals surface area (Å²) in [6.07, 6.45) is 2.31. The number of benzene rings is 2. The second-order valence-corrected chi connectivity index (χ2v) is 6.28. The van der Waals surface area contributed by atoms with E-state index in [0.29, 0.717) is 5.92 Å². The number of nitrogens with one attached hydrogen (secondary N) is 1. The van der Waals surface area contributed by atoms with Crippen molar-refractivity contribution in [3.63, 3.8) is 0 Å². The lowest BCUT2D eigenvalue weighted by Crippen LogP contribution is -2.38. The topological polar surface area (TPSA) is 32.3 Å². The number of amides is 1. The van der Waals surface area contributed by atoms with Gasteiger partial charge in [-0.2, -0.15) is 0 Å². The van der Waals surface area contributed by atoms with E-state index in [-0.39, 0.29) is 5.91 Å². The lowest BCUT2D eigenvalue weighted by atomic mass is 9.96. The Morgan fingerprint density at radius 3 is 2.22 bits per heavy atom. The zero-order valence-electron chi connectivity index (χ0n) is 13.4. The van der Waals surface area contributed by atoms with Crippen LogP contribution in [0.25, 0.3) is 0 Å². The van der Waals surface area contributed by atoms with Crippen LogP contribution in [0.5, 0.6) is 0 Å². The molecule has 2 aromatic rings. The van der Waals surface area contributed by atoms with Gasteiger partial charge in [-0.3, -0.25) is 9.69 Å². The standard InChI is InChI=1S/C20H24N2O/c23-20(19-9-5-2-6-10-19)21-15-17-11-13-22(14-12-17)16-18-7-3-1-4-8-18/h1-10,17H,11-16H2,(H,21,23). The average Bonchev–Trinajstić information content (AvgIpc) is 2.62. The summed E-state index contributed by atoms with van der Waals surface area (Å²) >= 11 is 0. The van der Waals surface area contributed by atoms with Crippen molar-refractivity contribution in [1.29, 1.82) is 0 Å². The lowest BCUT2D eigenvalue weighted by molar-refractivity contribution is 0.0935. The van der Waals surface area contributed by atoms with Gasteiger partial charge in [-0.05, 0) is 49.5 Å². The van der Waals surface area contributed by atoms with Crippen LogP contribution >= 0.6 is 0 Å². The van der Waals surface area contributed by atoms with Gasteiger partial charge < -0.3 is 5.32 Å². The van der Waals surface area contributed by atoms with Crippen LogP contribution in [-0.4, -0.2) is 30.4 Å². The SMILES string of the molecule is O=C(NCC1CCN(Cc2ccccc2)CC1)c1ccccc1. The molecule has 3 nitrogen and oxygen atoms in total. The highest BCUT2D eigenvalue weighted by Crippen LogP contribution is 2.18. The van der Waals surface area contributed by atoms with Crippen LogP contribution in [0.1, 0.15) is 28.8 Å². The monoisotopic (exact) mass is 308 g/mol. The van der Waals surface area contributed by atoms with Crippen molar-refractivity contribution in [2.24, 2.45) is 5.92 Å². The first-order valence-corrected chi connectivity index (χ1v) is 8.41. The summed E-state index contributed by atoms with van der Waals surface area (Å²) < 4.78 is 0. The highest BCUT2D eigenvalue weighted by molar-refractivity contribution is 5.94. The van der Waals surface area contributed by atoms with Crippen molar-refractivity contribution in [2.45, 2.75) is 19.4 Å². The Hall–Kier alpha value is -2.13. The number of likely N-dealkylation sites (tertiary alicyclic amines) is 1. The number of carbonyl (C=O) groups is 1. The van der Waals surface area contributed by atoms with Crippen LogP contribution < -0.4 is 5.32 Å². The first kappa shape index (κ1) is 15.8. The lowest BCUT2D eigenvalue weighted by Gasteiger charge is -2.32. The van der Waals surface area contributed by atoms with Crippen molar-refractivity contribution < 1.29 is 4.79 Å². The van der Waals surface area contributed by atoms with E-state index < -0.39 is 0 Å². The van der Waals surface area contributed by atoms with Gasteiger partial charge in [-0.15, -0.1) is 0 Å². The van der Waals surface area contributed by atoms with Gasteiger partial charge in [-0.1, -0.05) is 48.5 Å². The van der Waals surface area contributed by atoms with E-state index in [9.17, 15) is 4.79 Å². The van der Waals surface area contributed by atoms with Gasteiger partial charge in [0.25, 0.3) is 5.91 Å². The molecule has 1 N–H and O–H groups in total. The molecule has 1 amide bonds. The van der Waals surface area contributed by atoms with Crippen molar-refractivity contribution in [2.75, 3.05) is 19.6 Å². The normalized spacial score (nSPS) is 16.2. The smallest absolute Gasteiger partial charge is 0.251 e. The fourth-order valence-corrected chi connectivity index (χ4v) is 3.12. The van der Waals surface area contributed by atoms with Gasteiger partial charge in [-0.25, -0.2) is 0 Å². The third kappa shape index (κ3) is 4.67. The number of nitrogens with zero attached hydrogens (tertiary/aromatic N) is 1. The van der Waals surface area contributed by atoms with Crippen LogP contribution in [0.2, 0.25) is 0 Å². The highest BCUT2D eigenvalue weighted by Gasteiger charge is 2.19. The molecule has 0 unspecified atom stereocenters. The van der Waals surface area contributed by atoms with Gasteiger partial charge in [0, 0.05) is 18.7 Å². The van der Waals surface area contributed by atoms with Gasteiger partial charge in [0.15, 0.2) is 0 Å². The number of rotatable bonds is 5. The molecule has 0 spiro atoms. The fraction of sp³-hybridized carbons (Fsp3) is 0.350. The van der Waals surface area contributed by atoms with Crippen LogP contribution in [0.4, 0.5) is 0 Å². The quantitative estimate of drug-likeness (QED) is 0.919. The minimum atomic E-state index is 0.0392. The van der Waals surface area contributed by atoms with Crippen molar-refractivity contribution >= 4 is 5.91 Å². The maximum Gasteiger partial charge on any atom is 0.251 e. The first-order valence-electron chi connectivity index (χ1n) is 8.41. The van der Waals surface area contributed by atoms with Crippen LogP contribution in [0.15, 0.2) is 60.7 Å². The summed E-state index contributed by atoms with van der Waals surface area (Å²) in [6.45, 7) is 4.04. The molecule has 0 bridgehead atoms. The van der Waals surface area contributed by atoms with E-state index in [1.165, 1.54) is 5.56 Å². The Bertz CT molecular complexity index is 604. The summed E-state index contributed by atoms with van der Waals surface area (Å²) in [7, 11) is 0. The van der Waals surface area contributed by atoms with E-state index in [4.69, 9.17) is 0 Å². The average molecular weight is 308 g/mol. The molecule has 3 rings (SSSR count). The molecule has 0 atom stereocenters. The van der Waals surface area contributed by atoms with E-state index in [1.807, 2.05) is 30.3 Å². The van der Waals surface area contributed by atoms with Gasteiger partial charge in [0.2, 0.25) is 0 Å². The minimum Gasteiger partial charge on any atom is -0.352 e. The molecule has 1 aliphatic heterocycles. The fourth-order valence-electron chi connectivity index (χ4n) is 3.12. The molecule has 1 aliphatic rings. The number of piperidine rings is 1. The molecule has 0 saturated carbocycles. The predicted octanol–water partition coefficient (Wildman–Crippen LogP) is 3.33. The Morgan fingerprint density at radius 2 is 1.57 bits per heavy atom. The molecule has 1 saturated heterocycles. The van der Waals surface area contributed by atoms with E-state index in [0.717, 1.165) is 44.6 Å². The van der Waals surface area contributed by atoms with E-state index in [1.54, 1.807) is 0 Å². The number of carbonyl (C=O) groups excluding carboxylic acids is 1. The summed E-state index contributed by atoms with van der Waals surface area (Å²) in [5.74, 6) is 0.631. The molecule has 2 aromatic carbocycles. The third-order valence-electron chi connectivity index (χ3n) is 4.54. The minimum absolute atomic E-state index is 0.0392.